The molecule has 1 atom stereocenters. The molecular formula is C15H21N3. The van der Waals surface area contributed by atoms with Gasteiger partial charge < -0.3 is 10.6 Å². The molecule has 0 bridgehead atoms. The fourth-order valence-corrected chi connectivity index (χ4v) is 3.57. The van der Waals surface area contributed by atoms with E-state index in [2.05, 4.69) is 48.9 Å². The molecule has 0 fully saturated rings. The Balaban J connectivity index is 2.12. The molecule has 0 saturated carbocycles. The standard InChI is InChI=1S/C15H21N3/c1-10(2)18-14(16)17-9-15(18)7-6-12-5-4-11(3)8-13(12)15/h4-5,8,10H,6-7,9H2,1-3H3,(H2,16,17). The Hall–Kier alpha value is -1.51. The predicted octanol–water partition coefficient (Wildman–Crippen LogP) is 2.18. The van der Waals surface area contributed by atoms with Crippen LogP contribution in [0, 0.1) is 6.92 Å². The van der Waals surface area contributed by atoms with E-state index in [0.29, 0.717) is 12.0 Å². The van der Waals surface area contributed by atoms with Gasteiger partial charge in [0.2, 0.25) is 0 Å². The van der Waals surface area contributed by atoms with Crippen molar-refractivity contribution < 1.29 is 0 Å². The highest BCUT2D eigenvalue weighted by molar-refractivity contribution is 5.82. The van der Waals surface area contributed by atoms with Gasteiger partial charge in [0, 0.05) is 6.04 Å². The summed E-state index contributed by atoms with van der Waals surface area (Å²) >= 11 is 0. The van der Waals surface area contributed by atoms with Gasteiger partial charge in [0.05, 0.1) is 12.1 Å². The summed E-state index contributed by atoms with van der Waals surface area (Å²) in [5, 5.41) is 0. The van der Waals surface area contributed by atoms with E-state index in [4.69, 9.17) is 5.73 Å². The molecule has 1 aliphatic carbocycles. The minimum Gasteiger partial charge on any atom is -0.370 e. The Labute approximate surface area is 109 Å². The number of hydrogen-bond donors (Lipinski definition) is 1. The van der Waals surface area contributed by atoms with Gasteiger partial charge in [-0.15, -0.1) is 0 Å². The van der Waals surface area contributed by atoms with E-state index in [1.165, 1.54) is 16.7 Å². The SMILES string of the molecule is Cc1ccc2c(c1)C1(CC2)CN=C(N)N1C(C)C. The quantitative estimate of drug-likeness (QED) is 0.821. The van der Waals surface area contributed by atoms with E-state index >= 15 is 0 Å². The second-order valence-corrected chi connectivity index (χ2v) is 5.83. The topological polar surface area (TPSA) is 41.6 Å². The predicted molar refractivity (Wildman–Crippen MR) is 74.6 cm³/mol. The van der Waals surface area contributed by atoms with Crippen LogP contribution in [-0.2, 0) is 12.0 Å². The highest BCUT2D eigenvalue weighted by Crippen LogP contribution is 2.45. The van der Waals surface area contributed by atoms with E-state index in [1.54, 1.807) is 0 Å². The van der Waals surface area contributed by atoms with Crippen LogP contribution in [0.15, 0.2) is 23.2 Å². The summed E-state index contributed by atoms with van der Waals surface area (Å²) in [5.41, 5.74) is 10.4. The average molecular weight is 243 g/mol. The zero-order valence-corrected chi connectivity index (χ0v) is 11.4. The lowest BCUT2D eigenvalue weighted by Gasteiger charge is -2.40. The summed E-state index contributed by atoms with van der Waals surface area (Å²) in [7, 11) is 0. The van der Waals surface area contributed by atoms with Crippen LogP contribution in [0.25, 0.3) is 0 Å². The summed E-state index contributed by atoms with van der Waals surface area (Å²) in [6, 6.07) is 7.19. The zero-order chi connectivity index (χ0) is 12.9. The monoisotopic (exact) mass is 243 g/mol. The summed E-state index contributed by atoms with van der Waals surface area (Å²) in [5.74, 6) is 0.708. The van der Waals surface area contributed by atoms with E-state index in [0.717, 1.165) is 19.4 Å². The van der Waals surface area contributed by atoms with Crippen LogP contribution in [0.3, 0.4) is 0 Å². The van der Waals surface area contributed by atoms with Gasteiger partial charge in [0.15, 0.2) is 5.96 Å². The van der Waals surface area contributed by atoms with E-state index in [1.807, 2.05) is 0 Å². The Morgan fingerprint density at radius 3 is 2.89 bits per heavy atom. The minimum atomic E-state index is 0.0274. The van der Waals surface area contributed by atoms with Crippen molar-refractivity contribution in [2.75, 3.05) is 6.54 Å². The van der Waals surface area contributed by atoms with Crippen LogP contribution >= 0.6 is 0 Å². The number of aliphatic imine (C=N–C) groups is 1. The maximum atomic E-state index is 6.11. The first kappa shape index (κ1) is 11.6. The Morgan fingerprint density at radius 1 is 1.39 bits per heavy atom. The van der Waals surface area contributed by atoms with Gasteiger partial charge in [-0.25, -0.2) is 0 Å². The zero-order valence-electron chi connectivity index (χ0n) is 11.4. The first-order valence-corrected chi connectivity index (χ1v) is 6.74. The fraction of sp³-hybridized carbons (Fsp3) is 0.533. The second-order valence-electron chi connectivity index (χ2n) is 5.83. The number of nitrogens with two attached hydrogens (primary N) is 1. The molecule has 96 valence electrons. The van der Waals surface area contributed by atoms with Crippen LogP contribution in [0.4, 0.5) is 0 Å². The third kappa shape index (κ3) is 1.39. The molecule has 3 nitrogen and oxygen atoms in total. The van der Waals surface area contributed by atoms with Crippen LogP contribution in [-0.4, -0.2) is 23.4 Å². The second kappa shape index (κ2) is 3.74. The van der Waals surface area contributed by atoms with Crippen molar-refractivity contribution in [1.29, 1.82) is 0 Å². The average Bonchev–Trinajstić information content (AvgIpc) is 2.83. The van der Waals surface area contributed by atoms with Gasteiger partial charge in [0.1, 0.15) is 0 Å². The number of hydrogen-bond acceptors (Lipinski definition) is 3. The van der Waals surface area contributed by atoms with Crippen molar-refractivity contribution in [3.8, 4) is 0 Å². The first-order chi connectivity index (χ1) is 8.54. The van der Waals surface area contributed by atoms with E-state index in [-0.39, 0.29) is 5.54 Å². The van der Waals surface area contributed by atoms with Gasteiger partial charge in [-0.05, 0) is 44.7 Å². The first-order valence-electron chi connectivity index (χ1n) is 6.74. The Kier molecular flexibility index (Phi) is 2.40. The number of aryl methyl sites for hydroxylation is 2. The van der Waals surface area contributed by atoms with Crippen molar-refractivity contribution >= 4 is 5.96 Å². The van der Waals surface area contributed by atoms with Gasteiger partial charge in [0.25, 0.3) is 0 Å². The molecule has 0 aromatic heterocycles. The molecule has 2 N–H and O–H groups in total. The molecule has 1 heterocycles. The number of nitrogens with zero attached hydrogens (tertiary/aromatic N) is 2. The van der Waals surface area contributed by atoms with Crippen LogP contribution in [0.2, 0.25) is 0 Å². The molecule has 1 aliphatic heterocycles. The molecule has 1 unspecified atom stereocenters. The smallest absolute Gasteiger partial charge is 0.192 e. The third-order valence-corrected chi connectivity index (χ3v) is 4.30. The van der Waals surface area contributed by atoms with Gasteiger partial charge in [-0.2, -0.15) is 0 Å². The lowest BCUT2D eigenvalue weighted by molar-refractivity contribution is 0.165. The summed E-state index contributed by atoms with van der Waals surface area (Å²) in [4.78, 5) is 6.84. The maximum absolute atomic E-state index is 6.11. The number of guanidine groups is 1. The van der Waals surface area contributed by atoms with Crippen molar-refractivity contribution in [2.45, 2.75) is 45.2 Å². The van der Waals surface area contributed by atoms with Crippen molar-refractivity contribution in [3.05, 3.63) is 34.9 Å². The molecule has 0 saturated heterocycles. The molecule has 1 spiro atoms. The van der Waals surface area contributed by atoms with Crippen LogP contribution in [0.5, 0.6) is 0 Å². The highest BCUT2D eigenvalue weighted by atomic mass is 15.4. The minimum absolute atomic E-state index is 0.0274. The van der Waals surface area contributed by atoms with Crippen LogP contribution < -0.4 is 5.73 Å². The van der Waals surface area contributed by atoms with Gasteiger partial charge >= 0.3 is 0 Å². The van der Waals surface area contributed by atoms with Gasteiger partial charge in [-0.3, -0.25) is 4.99 Å². The Morgan fingerprint density at radius 2 is 2.17 bits per heavy atom. The summed E-state index contributed by atoms with van der Waals surface area (Å²) in [6.07, 6.45) is 2.27. The fourth-order valence-electron chi connectivity index (χ4n) is 3.57. The van der Waals surface area contributed by atoms with Crippen molar-refractivity contribution in [1.82, 2.24) is 4.90 Å². The molecule has 1 aromatic rings. The molecule has 3 rings (SSSR count). The highest BCUT2D eigenvalue weighted by Gasteiger charge is 2.48. The summed E-state index contributed by atoms with van der Waals surface area (Å²) in [6.45, 7) is 7.37. The molecule has 0 radical (unpaired) electrons. The lowest BCUT2D eigenvalue weighted by atomic mass is 9.89. The third-order valence-electron chi connectivity index (χ3n) is 4.30. The molecule has 2 aliphatic rings. The normalized spacial score (nSPS) is 26.0. The molecule has 18 heavy (non-hydrogen) atoms. The largest absolute Gasteiger partial charge is 0.370 e. The molecule has 0 amide bonds. The molecule has 3 heteroatoms. The van der Waals surface area contributed by atoms with E-state index < -0.39 is 0 Å². The Bertz CT molecular complexity index is 518. The number of rotatable bonds is 1. The van der Waals surface area contributed by atoms with Gasteiger partial charge in [-0.1, -0.05) is 23.8 Å². The van der Waals surface area contributed by atoms with Crippen molar-refractivity contribution in [3.63, 3.8) is 0 Å². The van der Waals surface area contributed by atoms with Crippen LogP contribution in [0.1, 0.15) is 37.0 Å². The number of fused-ring (bicyclic) bond motifs is 2. The number of benzene rings is 1. The summed E-state index contributed by atoms with van der Waals surface area (Å²) < 4.78 is 0. The maximum Gasteiger partial charge on any atom is 0.192 e. The molecule has 1 aromatic carbocycles. The lowest BCUT2D eigenvalue weighted by Crippen LogP contribution is -2.51. The molecular weight excluding hydrogens is 222 g/mol. The van der Waals surface area contributed by atoms with E-state index in [9.17, 15) is 0 Å². The van der Waals surface area contributed by atoms with Crippen molar-refractivity contribution in [2.24, 2.45) is 10.7 Å².